The van der Waals surface area contributed by atoms with Crippen LogP contribution >= 0.6 is 0 Å². The largest absolute Gasteiger partial charge is 0.320 e. The minimum absolute atomic E-state index is 0.149. The van der Waals surface area contributed by atoms with Crippen LogP contribution in [0.1, 0.15) is 33.9 Å². The van der Waals surface area contributed by atoms with Crippen molar-refractivity contribution in [2.24, 2.45) is 5.73 Å². The zero-order valence-corrected chi connectivity index (χ0v) is 12.7. The monoisotopic (exact) mass is 276 g/mol. The van der Waals surface area contributed by atoms with Crippen molar-refractivity contribution in [1.82, 2.24) is 4.98 Å². The van der Waals surface area contributed by atoms with Crippen molar-refractivity contribution in [2.45, 2.75) is 26.8 Å². The first-order chi connectivity index (χ1) is 10.1. The molecule has 0 spiro atoms. The van der Waals surface area contributed by atoms with E-state index in [0.717, 1.165) is 10.9 Å². The Kier molecular flexibility index (Phi) is 3.48. The van der Waals surface area contributed by atoms with E-state index in [9.17, 15) is 0 Å². The van der Waals surface area contributed by atoms with E-state index < -0.39 is 0 Å². The minimum Gasteiger partial charge on any atom is -0.320 e. The molecule has 2 aromatic carbocycles. The van der Waals surface area contributed by atoms with Gasteiger partial charge in [0.25, 0.3) is 0 Å². The number of hydrogen-bond acceptors (Lipinski definition) is 2. The van der Waals surface area contributed by atoms with Gasteiger partial charge >= 0.3 is 0 Å². The second kappa shape index (κ2) is 5.30. The van der Waals surface area contributed by atoms with Crippen molar-refractivity contribution in [3.8, 4) is 0 Å². The number of rotatable bonds is 2. The lowest BCUT2D eigenvalue weighted by Gasteiger charge is -2.20. The first-order valence-corrected chi connectivity index (χ1v) is 7.24. The van der Waals surface area contributed by atoms with E-state index in [1.165, 1.54) is 27.6 Å². The summed E-state index contributed by atoms with van der Waals surface area (Å²) in [6.45, 7) is 6.39. The highest BCUT2D eigenvalue weighted by Gasteiger charge is 2.17. The molecule has 1 unspecified atom stereocenters. The van der Waals surface area contributed by atoms with Gasteiger partial charge in [-0.05, 0) is 48.4 Å². The van der Waals surface area contributed by atoms with Gasteiger partial charge in [0.2, 0.25) is 0 Å². The van der Waals surface area contributed by atoms with Crippen LogP contribution in [-0.2, 0) is 0 Å². The van der Waals surface area contributed by atoms with Gasteiger partial charge in [-0.2, -0.15) is 0 Å². The highest BCUT2D eigenvalue weighted by atomic mass is 14.7. The average molecular weight is 276 g/mol. The third-order valence-electron chi connectivity index (χ3n) is 4.08. The third kappa shape index (κ3) is 2.43. The van der Waals surface area contributed by atoms with Crippen LogP contribution in [0, 0.1) is 20.8 Å². The number of pyridine rings is 1. The SMILES string of the molecule is Cc1cc(C)c(C(N)c2cncc3ccccc23)c(C)c1. The molecule has 3 aromatic rings. The van der Waals surface area contributed by atoms with Crippen LogP contribution in [0.5, 0.6) is 0 Å². The molecule has 2 nitrogen and oxygen atoms in total. The zero-order chi connectivity index (χ0) is 15.0. The van der Waals surface area contributed by atoms with Crippen LogP contribution in [0.15, 0.2) is 48.8 Å². The molecule has 106 valence electrons. The molecule has 0 fully saturated rings. The summed E-state index contributed by atoms with van der Waals surface area (Å²) >= 11 is 0. The fraction of sp³-hybridized carbons (Fsp3) is 0.211. The lowest BCUT2D eigenvalue weighted by Crippen LogP contribution is -2.15. The molecule has 2 N–H and O–H groups in total. The van der Waals surface area contributed by atoms with Gasteiger partial charge in [-0.15, -0.1) is 0 Å². The van der Waals surface area contributed by atoms with Gasteiger partial charge in [-0.1, -0.05) is 42.0 Å². The number of aryl methyl sites for hydroxylation is 3. The number of nitrogens with two attached hydrogens (primary N) is 1. The Morgan fingerprint density at radius 2 is 1.62 bits per heavy atom. The van der Waals surface area contributed by atoms with Gasteiger partial charge in [0, 0.05) is 17.8 Å². The molecule has 0 aliphatic rings. The second-order valence-electron chi connectivity index (χ2n) is 5.74. The van der Waals surface area contributed by atoms with Crippen LogP contribution < -0.4 is 5.73 Å². The Morgan fingerprint density at radius 3 is 2.33 bits per heavy atom. The second-order valence-corrected chi connectivity index (χ2v) is 5.74. The van der Waals surface area contributed by atoms with Crippen LogP contribution in [0.25, 0.3) is 10.8 Å². The predicted octanol–water partition coefficient (Wildman–Crippen LogP) is 4.21. The van der Waals surface area contributed by atoms with Gasteiger partial charge in [-0.3, -0.25) is 4.98 Å². The molecule has 1 atom stereocenters. The molecule has 1 heterocycles. The van der Waals surface area contributed by atoms with Gasteiger partial charge in [0.05, 0.1) is 6.04 Å². The van der Waals surface area contributed by atoms with Crippen LogP contribution in [0.4, 0.5) is 0 Å². The van der Waals surface area contributed by atoms with Gasteiger partial charge < -0.3 is 5.73 Å². The smallest absolute Gasteiger partial charge is 0.0578 e. The quantitative estimate of drug-likeness (QED) is 0.761. The number of fused-ring (bicyclic) bond motifs is 1. The number of hydrogen-bond donors (Lipinski definition) is 1. The van der Waals surface area contributed by atoms with Gasteiger partial charge in [-0.25, -0.2) is 0 Å². The molecular formula is C19H20N2. The van der Waals surface area contributed by atoms with Crippen LogP contribution in [0.3, 0.4) is 0 Å². The summed E-state index contributed by atoms with van der Waals surface area (Å²) in [5, 5.41) is 2.31. The molecule has 3 rings (SSSR count). The van der Waals surface area contributed by atoms with Crippen LogP contribution in [-0.4, -0.2) is 4.98 Å². The Labute approximate surface area is 125 Å². The summed E-state index contributed by atoms with van der Waals surface area (Å²) in [5.74, 6) is 0. The molecule has 0 amide bonds. The summed E-state index contributed by atoms with van der Waals surface area (Å²) in [7, 11) is 0. The first-order valence-electron chi connectivity index (χ1n) is 7.24. The Bertz CT molecular complexity index is 777. The Morgan fingerprint density at radius 1 is 0.952 bits per heavy atom. The molecule has 0 aliphatic carbocycles. The van der Waals surface area contributed by atoms with E-state index in [4.69, 9.17) is 5.73 Å². The fourth-order valence-electron chi connectivity index (χ4n) is 3.22. The van der Waals surface area contributed by atoms with Crippen molar-refractivity contribution in [3.05, 3.63) is 76.6 Å². The fourth-order valence-corrected chi connectivity index (χ4v) is 3.22. The molecule has 0 bridgehead atoms. The van der Waals surface area contributed by atoms with Crippen molar-refractivity contribution in [1.29, 1.82) is 0 Å². The molecule has 1 aromatic heterocycles. The Balaban J connectivity index is 2.20. The lowest BCUT2D eigenvalue weighted by atomic mass is 9.89. The topological polar surface area (TPSA) is 38.9 Å². The van der Waals surface area contributed by atoms with E-state index in [1.54, 1.807) is 0 Å². The van der Waals surface area contributed by atoms with Gasteiger partial charge in [0.15, 0.2) is 0 Å². The maximum atomic E-state index is 6.59. The van der Waals surface area contributed by atoms with Crippen molar-refractivity contribution in [3.63, 3.8) is 0 Å². The van der Waals surface area contributed by atoms with E-state index in [0.29, 0.717) is 0 Å². The minimum atomic E-state index is -0.149. The summed E-state index contributed by atoms with van der Waals surface area (Å²) in [4.78, 5) is 4.36. The molecule has 2 heteroatoms. The van der Waals surface area contributed by atoms with Crippen molar-refractivity contribution in [2.75, 3.05) is 0 Å². The maximum Gasteiger partial charge on any atom is 0.0578 e. The highest BCUT2D eigenvalue weighted by molar-refractivity contribution is 5.85. The number of nitrogens with zero attached hydrogens (tertiary/aromatic N) is 1. The maximum absolute atomic E-state index is 6.59. The lowest BCUT2D eigenvalue weighted by molar-refractivity contribution is 0.852. The van der Waals surface area contributed by atoms with Gasteiger partial charge in [0.1, 0.15) is 0 Å². The summed E-state index contributed by atoms with van der Waals surface area (Å²) in [5.41, 5.74) is 12.6. The van der Waals surface area contributed by atoms with Crippen molar-refractivity contribution < 1.29 is 0 Å². The molecular weight excluding hydrogens is 256 g/mol. The van der Waals surface area contributed by atoms with Crippen molar-refractivity contribution >= 4 is 10.8 Å². The van der Waals surface area contributed by atoms with E-state index in [-0.39, 0.29) is 6.04 Å². The summed E-state index contributed by atoms with van der Waals surface area (Å²) < 4.78 is 0. The third-order valence-corrected chi connectivity index (χ3v) is 4.08. The molecule has 0 aliphatic heterocycles. The average Bonchev–Trinajstić information content (AvgIpc) is 2.45. The summed E-state index contributed by atoms with van der Waals surface area (Å²) in [6, 6.07) is 12.5. The van der Waals surface area contributed by atoms with E-state index in [1.807, 2.05) is 24.5 Å². The van der Waals surface area contributed by atoms with E-state index >= 15 is 0 Å². The number of benzene rings is 2. The molecule has 0 saturated carbocycles. The molecule has 0 radical (unpaired) electrons. The zero-order valence-electron chi connectivity index (χ0n) is 12.7. The van der Waals surface area contributed by atoms with E-state index in [2.05, 4.69) is 50.0 Å². The highest BCUT2D eigenvalue weighted by Crippen LogP contribution is 2.30. The molecule has 21 heavy (non-hydrogen) atoms. The predicted molar refractivity (Wildman–Crippen MR) is 88.4 cm³/mol. The normalized spacial score (nSPS) is 12.6. The summed E-state index contributed by atoms with van der Waals surface area (Å²) in [6.07, 6.45) is 3.78. The number of aromatic nitrogens is 1. The Hall–Kier alpha value is -2.19. The first kappa shape index (κ1) is 13.8. The molecule has 0 saturated heterocycles. The van der Waals surface area contributed by atoms with Crippen LogP contribution in [0.2, 0.25) is 0 Å². The standard InChI is InChI=1S/C19H20N2/c1-12-8-13(2)18(14(3)9-12)19(20)17-11-21-10-15-6-4-5-7-16(15)17/h4-11,19H,20H2,1-3H3.